The second kappa shape index (κ2) is 5.10. The first-order valence-electron chi connectivity index (χ1n) is 4.82. The highest BCUT2D eigenvalue weighted by atomic mass is 15.0. The maximum atomic E-state index is 5.81. The molecular weight excluding hydrogens is 174 g/mol. The Morgan fingerprint density at radius 1 is 1.21 bits per heavy atom. The Balaban J connectivity index is 2.68. The van der Waals surface area contributed by atoms with Gasteiger partial charge >= 0.3 is 0 Å². The van der Waals surface area contributed by atoms with E-state index >= 15 is 0 Å². The zero-order valence-electron chi connectivity index (χ0n) is 8.90. The standard InChI is InChI=1S/C11H19N3/c1-14(2)8-9-3-5-10(6-4-9)11(13)7-12/h3-6,11H,7-8,12-13H2,1-2H3/t11-/m0/s1. The van der Waals surface area contributed by atoms with Gasteiger partial charge in [0.25, 0.3) is 0 Å². The van der Waals surface area contributed by atoms with Crippen LogP contribution in [-0.2, 0) is 6.54 Å². The zero-order chi connectivity index (χ0) is 10.6. The van der Waals surface area contributed by atoms with Crippen molar-refractivity contribution in [2.45, 2.75) is 12.6 Å². The smallest absolute Gasteiger partial charge is 0.0419 e. The molecule has 1 rings (SSSR count). The summed E-state index contributed by atoms with van der Waals surface area (Å²) >= 11 is 0. The van der Waals surface area contributed by atoms with E-state index in [2.05, 4.69) is 43.3 Å². The van der Waals surface area contributed by atoms with E-state index in [9.17, 15) is 0 Å². The van der Waals surface area contributed by atoms with Crippen LogP contribution in [0.2, 0.25) is 0 Å². The molecule has 4 N–H and O–H groups in total. The molecule has 0 bridgehead atoms. The molecule has 0 spiro atoms. The first-order valence-corrected chi connectivity index (χ1v) is 4.82. The van der Waals surface area contributed by atoms with Gasteiger partial charge in [-0.1, -0.05) is 24.3 Å². The highest BCUT2D eigenvalue weighted by molar-refractivity contribution is 5.24. The number of hydrogen-bond acceptors (Lipinski definition) is 3. The molecule has 1 aromatic carbocycles. The lowest BCUT2D eigenvalue weighted by Gasteiger charge is -2.12. The van der Waals surface area contributed by atoms with Gasteiger partial charge in [-0.15, -0.1) is 0 Å². The van der Waals surface area contributed by atoms with Crippen LogP contribution in [0.4, 0.5) is 0 Å². The number of benzene rings is 1. The van der Waals surface area contributed by atoms with E-state index in [0.717, 1.165) is 12.1 Å². The molecule has 3 heteroatoms. The minimum absolute atomic E-state index is 0.0385. The molecule has 1 atom stereocenters. The lowest BCUT2D eigenvalue weighted by Crippen LogP contribution is -2.20. The lowest BCUT2D eigenvalue weighted by molar-refractivity contribution is 0.402. The van der Waals surface area contributed by atoms with E-state index in [1.807, 2.05) is 0 Å². The summed E-state index contributed by atoms with van der Waals surface area (Å²) in [4.78, 5) is 2.14. The Bertz CT molecular complexity index is 266. The van der Waals surface area contributed by atoms with Crippen LogP contribution in [0.5, 0.6) is 0 Å². The van der Waals surface area contributed by atoms with Crippen molar-refractivity contribution in [2.75, 3.05) is 20.6 Å². The fourth-order valence-electron chi connectivity index (χ4n) is 1.37. The largest absolute Gasteiger partial charge is 0.329 e. The van der Waals surface area contributed by atoms with Gasteiger partial charge in [0.1, 0.15) is 0 Å². The minimum atomic E-state index is -0.0385. The summed E-state index contributed by atoms with van der Waals surface area (Å²) < 4.78 is 0. The van der Waals surface area contributed by atoms with Gasteiger partial charge in [0, 0.05) is 19.1 Å². The molecule has 78 valence electrons. The van der Waals surface area contributed by atoms with Crippen molar-refractivity contribution in [2.24, 2.45) is 11.5 Å². The molecule has 0 heterocycles. The van der Waals surface area contributed by atoms with Crippen LogP contribution in [0, 0.1) is 0 Å². The van der Waals surface area contributed by atoms with E-state index in [-0.39, 0.29) is 6.04 Å². The first-order chi connectivity index (χ1) is 6.63. The molecule has 0 saturated carbocycles. The van der Waals surface area contributed by atoms with Crippen LogP contribution >= 0.6 is 0 Å². The van der Waals surface area contributed by atoms with Crippen LogP contribution in [0.25, 0.3) is 0 Å². The second-order valence-corrected chi connectivity index (χ2v) is 3.82. The van der Waals surface area contributed by atoms with Crippen molar-refractivity contribution in [1.82, 2.24) is 4.90 Å². The molecule has 0 aliphatic rings. The number of nitrogens with zero attached hydrogens (tertiary/aromatic N) is 1. The van der Waals surface area contributed by atoms with Crippen molar-refractivity contribution in [1.29, 1.82) is 0 Å². The van der Waals surface area contributed by atoms with Crippen molar-refractivity contribution in [3.63, 3.8) is 0 Å². The summed E-state index contributed by atoms with van der Waals surface area (Å²) in [5.41, 5.74) is 13.7. The summed E-state index contributed by atoms with van der Waals surface area (Å²) in [6.45, 7) is 1.45. The predicted octanol–water partition coefficient (Wildman–Crippen LogP) is 0.707. The quantitative estimate of drug-likeness (QED) is 0.740. The van der Waals surface area contributed by atoms with Crippen molar-refractivity contribution in [3.8, 4) is 0 Å². The Kier molecular flexibility index (Phi) is 4.07. The van der Waals surface area contributed by atoms with Gasteiger partial charge in [-0.3, -0.25) is 0 Å². The van der Waals surface area contributed by atoms with Gasteiger partial charge in [-0.25, -0.2) is 0 Å². The van der Waals surface area contributed by atoms with Crippen LogP contribution < -0.4 is 11.5 Å². The zero-order valence-corrected chi connectivity index (χ0v) is 8.90. The Morgan fingerprint density at radius 2 is 1.79 bits per heavy atom. The van der Waals surface area contributed by atoms with Crippen molar-refractivity contribution < 1.29 is 0 Å². The number of hydrogen-bond donors (Lipinski definition) is 2. The molecule has 0 aliphatic carbocycles. The minimum Gasteiger partial charge on any atom is -0.329 e. The Morgan fingerprint density at radius 3 is 2.21 bits per heavy atom. The third-order valence-corrected chi connectivity index (χ3v) is 2.16. The first kappa shape index (κ1) is 11.2. The van der Waals surface area contributed by atoms with Crippen LogP contribution in [-0.4, -0.2) is 25.5 Å². The molecule has 0 amide bonds. The summed E-state index contributed by atoms with van der Waals surface area (Å²) in [5.74, 6) is 0. The highest BCUT2D eigenvalue weighted by Gasteiger charge is 2.02. The van der Waals surface area contributed by atoms with Gasteiger partial charge in [-0.2, -0.15) is 0 Å². The van der Waals surface area contributed by atoms with E-state index in [1.54, 1.807) is 0 Å². The Labute approximate surface area is 85.7 Å². The molecule has 0 aliphatic heterocycles. The molecule has 0 saturated heterocycles. The molecule has 0 radical (unpaired) electrons. The van der Waals surface area contributed by atoms with E-state index in [0.29, 0.717) is 6.54 Å². The average Bonchev–Trinajstić information content (AvgIpc) is 2.17. The monoisotopic (exact) mass is 193 g/mol. The van der Waals surface area contributed by atoms with Gasteiger partial charge in [-0.05, 0) is 25.2 Å². The molecule has 14 heavy (non-hydrogen) atoms. The summed E-state index contributed by atoms with van der Waals surface area (Å²) in [5, 5.41) is 0. The maximum absolute atomic E-state index is 5.81. The molecule has 0 aromatic heterocycles. The molecule has 0 unspecified atom stereocenters. The molecular formula is C11H19N3. The fraction of sp³-hybridized carbons (Fsp3) is 0.455. The van der Waals surface area contributed by atoms with Crippen LogP contribution in [0.15, 0.2) is 24.3 Å². The predicted molar refractivity (Wildman–Crippen MR) is 59.8 cm³/mol. The topological polar surface area (TPSA) is 55.3 Å². The lowest BCUT2D eigenvalue weighted by atomic mass is 10.1. The molecule has 3 nitrogen and oxygen atoms in total. The SMILES string of the molecule is CN(C)Cc1ccc([C@@H](N)CN)cc1. The summed E-state index contributed by atoms with van der Waals surface area (Å²) in [6.07, 6.45) is 0. The normalized spacial score (nSPS) is 13.2. The van der Waals surface area contributed by atoms with Crippen LogP contribution in [0.1, 0.15) is 17.2 Å². The van der Waals surface area contributed by atoms with Crippen LogP contribution in [0.3, 0.4) is 0 Å². The fourth-order valence-corrected chi connectivity index (χ4v) is 1.37. The number of rotatable bonds is 4. The van der Waals surface area contributed by atoms with Gasteiger partial charge in [0.05, 0.1) is 0 Å². The van der Waals surface area contributed by atoms with E-state index in [1.165, 1.54) is 5.56 Å². The molecule has 1 aromatic rings. The van der Waals surface area contributed by atoms with Crippen molar-refractivity contribution in [3.05, 3.63) is 35.4 Å². The third-order valence-electron chi connectivity index (χ3n) is 2.16. The van der Waals surface area contributed by atoms with E-state index in [4.69, 9.17) is 11.5 Å². The number of nitrogens with two attached hydrogens (primary N) is 2. The Hall–Kier alpha value is -0.900. The van der Waals surface area contributed by atoms with Gasteiger partial charge in [0.15, 0.2) is 0 Å². The molecule has 0 fully saturated rings. The highest BCUT2D eigenvalue weighted by Crippen LogP contribution is 2.11. The van der Waals surface area contributed by atoms with E-state index < -0.39 is 0 Å². The summed E-state index contributed by atoms with van der Waals surface area (Å²) in [7, 11) is 4.11. The third kappa shape index (κ3) is 3.10. The van der Waals surface area contributed by atoms with Gasteiger partial charge < -0.3 is 16.4 Å². The van der Waals surface area contributed by atoms with Crippen molar-refractivity contribution >= 4 is 0 Å². The van der Waals surface area contributed by atoms with Gasteiger partial charge in [0.2, 0.25) is 0 Å². The summed E-state index contributed by atoms with van der Waals surface area (Å²) in [6, 6.07) is 8.27. The second-order valence-electron chi connectivity index (χ2n) is 3.82. The maximum Gasteiger partial charge on any atom is 0.0419 e. The average molecular weight is 193 g/mol.